The molecule has 46 heavy (non-hydrogen) atoms. The zero-order valence-corrected chi connectivity index (χ0v) is 30.6. The summed E-state index contributed by atoms with van der Waals surface area (Å²) in [6, 6.07) is -0.974. The van der Waals surface area contributed by atoms with Gasteiger partial charge in [-0.2, -0.15) is 0 Å². The van der Waals surface area contributed by atoms with Crippen molar-refractivity contribution >= 4 is 13.7 Å². The number of amides is 1. The molecule has 4 unspecified atom stereocenters. The molecular weight excluding hydrogens is 603 g/mol. The molecule has 10 heteroatoms. The van der Waals surface area contributed by atoms with Crippen molar-refractivity contribution in [2.75, 3.05) is 19.8 Å². The normalized spacial score (nSPS) is 15.2. The van der Waals surface area contributed by atoms with Crippen molar-refractivity contribution in [3.8, 4) is 0 Å². The van der Waals surface area contributed by atoms with Crippen LogP contribution in [-0.2, 0) is 18.4 Å². The number of phosphoric ester groups is 1. The molecule has 0 aliphatic rings. The van der Waals surface area contributed by atoms with Crippen molar-refractivity contribution in [3.05, 3.63) is 12.2 Å². The van der Waals surface area contributed by atoms with Crippen LogP contribution < -0.4 is 11.1 Å². The summed E-state index contributed by atoms with van der Waals surface area (Å²) in [6.45, 7) is 3.90. The minimum absolute atomic E-state index is 0.0506. The Hall–Kier alpha value is -0.800. The van der Waals surface area contributed by atoms with Gasteiger partial charge in [0.05, 0.1) is 37.9 Å². The Bertz CT molecular complexity index is 756. The third-order valence-corrected chi connectivity index (χ3v) is 9.40. The molecule has 4 atom stereocenters. The summed E-state index contributed by atoms with van der Waals surface area (Å²) >= 11 is 0. The Labute approximate surface area is 282 Å². The lowest BCUT2D eigenvalue weighted by atomic mass is 10.0. The van der Waals surface area contributed by atoms with Gasteiger partial charge in [-0.1, -0.05) is 161 Å². The quantitative estimate of drug-likeness (QED) is 0.0254. The van der Waals surface area contributed by atoms with E-state index in [2.05, 4.69) is 19.2 Å². The number of aliphatic hydroxyl groups is 2. The van der Waals surface area contributed by atoms with Crippen molar-refractivity contribution < 1.29 is 33.5 Å². The second-order valence-corrected chi connectivity index (χ2v) is 14.4. The van der Waals surface area contributed by atoms with Crippen molar-refractivity contribution in [3.63, 3.8) is 0 Å². The Kier molecular flexibility index (Phi) is 32.2. The number of carbonyl (C=O) groups excluding carboxylic acids is 1. The fourth-order valence-corrected chi connectivity index (χ4v) is 6.29. The van der Waals surface area contributed by atoms with Gasteiger partial charge in [0, 0.05) is 6.54 Å². The summed E-state index contributed by atoms with van der Waals surface area (Å²) in [5.74, 6) is -0.448. The number of nitrogens with one attached hydrogen (secondary N) is 1. The molecule has 0 aromatic heterocycles. The first-order valence-corrected chi connectivity index (χ1v) is 20.4. The zero-order chi connectivity index (χ0) is 34.1. The van der Waals surface area contributed by atoms with Crippen molar-refractivity contribution in [1.82, 2.24) is 5.32 Å². The Morgan fingerprint density at radius 2 is 1.20 bits per heavy atom. The van der Waals surface area contributed by atoms with Gasteiger partial charge in [0.25, 0.3) is 0 Å². The number of carbonyl (C=O) groups is 1. The molecule has 0 spiro atoms. The van der Waals surface area contributed by atoms with Crippen LogP contribution in [0, 0.1) is 0 Å². The smallest absolute Gasteiger partial charge is 0.393 e. The van der Waals surface area contributed by atoms with Gasteiger partial charge in [0.1, 0.15) is 0 Å². The van der Waals surface area contributed by atoms with Crippen LogP contribution in [0.3, 0.4) is 0 Å². The first-order valence-electron chi connectivity index (χ1n) is 18.9. The topological polar surface area (TPSA) is 151 Å². The molecule has 0 aliphatic heterocycles. The number of unbranched alkanes of at least 4 members (excludes halogenated alkanes) is 21. The predicted octanol–water partition coefficient (Wildman–Crippen LogP) is 8.63. The third-order valence-electron chi connectivity index (χ3n) is 8.42. The van der Waals surface area contributed by atoms with E-state index in [1.54, 1.807) is 6.08 Å². The van der Waals surface area contributed by atoms with Gasteiger partial charge in [-0.05, 0) is 19.3 Å². The molecule has 0 aliphatic carbocycles. The molecule has 0 fully saturated rings. The fraction of sp³-hybridized carbons (Fsp3) is 0.917. The summed E-state index contributed by atoms with van der Waals surface area (Å²) in [5.41, 5.74) is 5.32. The molecule has 0 saturated heterocycles. The highest BCUT2D eigenvalue weighted by Gasteiger charge is 2.27. The second kappa shape index (κ2) is 32.7. The number of nitrogens with two attached hydrogens (primary N) is 1. The lowest BCUT2D eigenvalue weighted by Gasteiger charge is -2.24. The maximum atomic E-state index is 12.7. The largest absolute Gasteiger partial charge is 0.472 e. The molecule has 0 radical (unpaired) electrons. The molecule has 0 saturated carbocycles. The molecule has 9 nitrogen and oxygen atoms in total. The predicted molar refractivity (Wildman–Crippen MR) is 191 cm³/mol. The van der Waals surface area contributed by atoms with Crippen LogP contribution >= 0.6 is 7.82 Å². The SMILES string of the molecule is CCCCCCC/C=C/C(O)C(COP(=O)(O)OCCN)NC(=O)CC(O)CCCCCCCCCCCCCCCCCCC. The Balaban J connectivity index is 4.21. The van der Waals surface area contributed by atoms with E-state index in [-0.39, 0.29) is 19.6 Å². The summed E-state index contributed by atoms with van der Waals surface area (Å²) in [5, 5.41) is 23.8. The average Bonchev–Trinajstić information content (AvgIpc) is 3.03. The number of aliphatic hydroxyl groups excluding tert-OH is 2. The number of hydrogen-bond acceptors (Lipinski definition) is 7. The fourth-order valence-electron chi connectivity index (χ4n) is 5.53. The Morgan fingerprint density at radius 1 is 0.739 bits per heavy atom. The van der Waals surface area contributed by atoms with Gasteiger partial charge < -0.3 is 26.2 Å². The van der Waals surface area contributed by atoms with Crippen LogP contribution in [0.5, 0.6) is 0 Å². The molecule has 274 valence electrons. The van der Waals surface area contributed by atoms with E-state index in [0.717, 1.165) is 38.5 Å². The molecule has 0 bridgehead atoms. The number of phosphoric acid groups is 1. The van der Waals surface area contributed by atoms with Crippen LogP contribution in [-0.4, -0.2) is 59.0 Å². The minimum Gasteiger partial charge on any atom is -0.393 e. The van der Waals surface area contributed by atoms with Crippen molar-refractivity contribution in [2.24, 2.45) is 5.73 Å². The highest BCUT2D eigenvalue weighted by molar-refractivity contribution is 7.47. The molecule has 6 N–H and O–H groups in total. The van der Waals surface area contributed by atoms with Gasteiger partial charge in [-0.3, -0.25) is 13.8 Å². The van der Waals surface area contributed by atoms with Crippen molar-refractivity contribution in [2.45, 2.75) is 193 Å². The van der Waals surface area contributed by atoms with E-state index in [1.807, 2.05) is 6.08 Å². The third kappa shape index (κ3) is 30.5. The molecular formula is C36H73N2O7P. The van der Waals surface area contributed by atoms with Crippen LogP contribution in [0.2, 0.25) is 0 Å². The first kappa shape index (κ1) is 45.2. The van der Waals surface area contributed by atoms with Gasteiger partial charge >= 0.3 is 7.82 Å². The standard InChI is InChI=1S/C36H73N2O7P/c1-3-5-7-9-11-12-13-14-15-16-17-18-19-20-22-23-25-27-33(39)31-36(41)38-34(32-45-46(42,43)44-30-29-37)35(40)28-26-24-21-10-8-6-4-2/h26,28,33-35,39-40H,3-25,27,29-32,37H2,1-2H3,(H,38,41)(H,42,43)/b28-26+. The maximum absolute atomic E-state index is 12.7. The average molecular weight is 677 g/mol. The lowest BCUT2D eigenvalue weighted by Crippen LogP contribution is -2.46. The van der Waals surface area contributed by atoms with E-state index in [9.17, 15) is 24.5 Å². The van der Waals surface area contributed by atoms with Crippen LogP contribution in [0.1, 0.15) is 174 Å². The highest BCUT2D eigenvalue weighted by atomic mass is 31.2. The summed E-state index contributed by atoms with van der Waals surface area (Å²) < 4.78 is 21.9. The number of rotatable bonds is 35. The van der Waals surface area contributed by atoms with E-state index >= 15 is 0 Å². The first-order chi connectivity index (χ1) is 22.3. The van der Waals surface area contributed by atoms with E-state index < -0.39 is 38.6 Å². The molecule has 0 aromatic carbocycles. The summed E-state index contributed by atoms with van der Waals surface area (Å²) in [7, 11) is -4.38. The van der Waals surface area contributed by atoms with Gasteiger partial charge in [-0.15, -0.1) is 0 Å². The van der Waals surface area contributed by atoms with Crippen LogP contribution in [0.25, 0.3) is 0 Å². The van der Waals surface area contributed by atoms with Gasteiger partial charge in [0.2, 0.25) is 5.91 Å². The summed E-state index contributed by atoms with van der Waals surface area (Å²) in [6.07, 6.45) is 30.4. The minimum atomic E-state index is -4.38. The molecule has 0 heterocycles. The zero-order valence-electron chi connectivity index (χ0n) is 29.7. The maximum Gasteiger partial charge on any atom is 0.472 e. The van der Waals surface area contributed by atoms with Gasteiger partial charge in [-0.25, -0.2) is 4.57 Å². The Morgan fingerprint density at radius 3 is 1.67 bits per heavy atom. The van der Waals surface area contributed by atoms with E-state index in [0.29, 0.717) is 6.42 Å². The summed E-state index contributed by atoms with van der Waals surface area (Å²) in [4.78, 5) is 22.5. The highest BCUT2D eigenvalue weighted by Crippen LogP contribution is 2.43. The molecule has 0 aromatic rings. The van der Waals surface area contributed by atoms with Gasteiger partial charge in [0.15, 0.2) is 0 Å². The number of hydrogen-bond donors (Lipinski definition) is 5. The van der Waals surface area contributed by atoms with Crippen LogP contribution in [0.15, 0.2) is 12.2 Å². The number of allylic oxidation sites excluding steroid dienone is 1. The lowest BCUT2D eigenvalue weighted by molar-refractivity contribution is -0.124. The molecule has 0 rings (SSSR count). The van der Waals surface area contributed by atoms with Crippen molar-refractivity contribution in [1.29, 1.82) is 0 Å². The molecule has 1 amide bonds. The van der Waals surface area contributed by atoms with E-state index in [4.69, 9.17) is 14.8 Å². The monoisotopic (exact) mass is 677 g/mol. The van der Waals surface area contributed by atoms with E-state index in [1.165, 1.54) is 109 Å². The van der Waals surface area contributed by atoms with Crippen LogP contribution in [0.4, 0.5) is 0 Å². The second-order valence-electron chi connectivity index (χ2n) is 13.0.